The standard InChI is InChI=1S/C19H21NO4S2/c1-13-10-15(8-9-16(13)24-3)26(22,23)20-12-19(2,21)18-11-14-6-4-5-7-17(14)25-18/h4-11,20-21H,12H2,1-3H3/t19-/m0/s1. The molecule has 5 nitrogen and oxygen atoms in total. The molecule has 0 unspecified atom stereocenters. The molecule has 0 aliphatic carbocycles. The molecule has 0 bridgehead atoms. The molecule has 2 aromatic carbocycles. The molecule has 0 saturated heterocycles. The van der Waals surface area contributed by atoms with Crippen molar-refractivity contribution in [3.05, 3.63) is 59.0 Å². The number of hydrogen-bond acceptors (Lipinski definition) is 5. The summed E-state index contributed by atoms with van der Waals surface area (Å²) in [5.74, 6) is 0.626. The van der Waals surface area contributed by atoms with Gasteiger partial charge in [0, 0.05) is 16.1 Å². The van der Waals surface area contributed by atoms with Gasteiger partial charge in [0.2, 0.25) is 10.0 Å². The molecular formula is C19H21NO4S2. The highest BCUT2D eigenvalue weighted by Crippen LogP contribution is 2.33. The molecular weight excluding hydrogens is 370 g/mol. The van der Waals surface area contributed by atoms with E-state index in [2.05, 4.69) is 4.72 Å². The highest BCUT2D eigenvalue weighted by atomic mass is 32.2. The highest BCUT2D eigenvalue weighted by Gasteiger charge is 2.28. The van der Waals surface area contributed by atoms with E-state index in [4.69, 9.17) is 4.74 Å². The van der Waals surface area contributed by atoms with E-state index < -0.39 is 15.6 Å². The summed E-state index contributed by atoms with van der Waals surface area (Å²) < 4.78 is 33.9. The Hall–Kier alpha value is -1.93. The summed E-state index contributed by atoms with van der Waals surface area (Å²) in [5.41, 5.74) is -0.579. The van der Waals surface area contributed by atoms with E-state index in [0.29, 0.717) is 10.6 Å². The highest BCUT2D eigenvalue weighted by molar-refractivity contribution is 7.89. The second kappa shape index (κ2) is 7.00. The van der Waals surface area contributed by atoms with E-state index in [1.807, 2.05) is 30.3 Å². The molecule has 2 N–H and O–H groups in total. The zero-order valence-corrected chi connectivity index (χ0v) is 16.4. The van der Waals surface area contributed by atoms with Crippen LogP contribution in [0.5, 0.6) is 5.75 Å². The van der Waals surface area contributed by atoms with Gasteiger partial charge in [-0.15, -0.1) is 11.3 Å². The summed E-state index contributed by atoms with van der Waals surface area (Å²) in [4.78, 5) is 0.857. The van der Waals surface area contributed by atoms with E-state index in [0.717, 1.165) is 15.6 Å². The number of sulfonamides is 1. The Kier molecular flexibility index (Phi) is 5.07. The third-order valence-electron chi connectivity index (χ3n) is 4.24. The van der Waals surface area contributed by atoms with Gasteiger partial charge < -0.3 is 9.84 Å². The Morgan fingerprint density at radius 1 is 1.19 bits per heavy atom. The number of thiophene rings is 1. The second-order valence-electron chi connectivity index (χ2n) is 6.38. The first-order chi connectivity index (χ1) is 12.2. The molecule has 26 heavy (non-hydrogen) atoms. The molecule has 3 rings (SSSR count). The third-order valence-corrected chi connectivity index (χ3v) is 7.01. The van der Waals surface area contributed by atoms with Crippen LogP contribution in [0.25, 0.3) is 10.1 Å². The minimum atomic E-state index is -3.74. The number of hydrogen-bond donors (Lipinski definition) is 2. The zero-order chi connectivity index (χ0) is 18.9. The minimum absolute atomic E-state index is 0.118. The Bertz CT molecular complexity index is 1010. The van der Waals surface area contributed by atoms with Crippen molar-refractivity contribution in [1.82, 2.24) is 4.72 Å². The summed E-state index contributed by atoms with van der Waals surface area (Å²) >= 11 is 1.46. The molecule has 7 heteroatoms. The van der Waals surface area contributed by atoms with E-state index in [9.17, 15) is 13.5 Å². The molecule has 1 atom stereocenters. The first kappa shape index (κ1) is 18.8. The van der Waals surface area contributed by atoms with Gasteiger partial charge in [0.05, 0.1) is 12.0 Å². The average Bonchev–Trinajstić information content (AvgIpc) is 3.05. The normalized spacial score (nSPS) is 14.3. The van der Waals surface area contributed by atoms with E-state index in [-0.39, 0.29) is 11.4 Å². The Morgan fingerprint density at radius 2 is 1.92 bits per heavy atom. The van der Waals surface area contributed by atoms with Crippen LogP contribution in [0.2, 0.25) is 0 Å². The van der Waals surface area contributed by atoms with Gasteiger partial charge in [-0.2, -0.15) is 0 Å². The molecule has 0 aliphatic rings. The molecule has 3 aromatic rings. The number of rotatable bonds is 6. The van der Waals surface area contributed by atoms with Gasteiger partial charge in [0.25, 0.3) is 0 Å². The van der Waals surface area contributed by atoms with Crippen LogP contribution in [0.3, 0.4) is 0 Å². The van der Waals surface area contributed by atoms with Crippen molar-refractivity contribution in [2.24, 2.45) is 0 Å². The Morgan fingerprint density at radius 3 is 2.58 bits per heavy atom. The van der Waals surface area contributed by atoms with Gasteiger partial charge in [-0.25, -0.2) is 13.1 Å². The third kappa shape index (κ3) is 3.76. The number of fused-ring (bicyclic) bond motifs is 1. The van der Waals surface area contributed by atoms with Crippen molar-refractivity contribution >= 4 is 31.4 Å². The Labute approximate surface area is 157 Å². The van der Waals surface area contributed by atoms with Crippen LogP contribution >= 0.6 is 11.3 Å². The lowest BCUT2D eigenvalue weighted by atomic mass is 10.1. The topological polar surface area (TPSA) is 75.6 Å². The summed E-state index contributed by atoms with van der Waals surface area (Å²) in [5, 5.41) is 11.8. The van der Waals surface area contributed by atoms with Gasteiger partial charge in [-0.3, -0.25) is 0 Å². The molecule has 1 heterocycles. The van der Waals surface area contributed by atoms with Crippen molar-refractivity contribution in [3.8, 4) is 5.75 Å². The van der Waals surface area contributed by atoms with Crippen LogP contribution in [0, 0.1) is 6.92 Å². The predicted molar refractivity (Wildman–Crippen MR) is 104 cm³/mol. The van der Waals surface area contributed by atoms with Crippen molar-refractivity contribution in [3.63, 3.8) is 0 Å². The van der Waals surface area contributed by atoms with E-state index >= 15 is 0 Å². The maximum Gasteiger partial charge on any atom is 0.240 e. The van der Waals surface area contributed by atoms with Crippen LogP contribution in [-0.2, 0) is 15.6 Å². The quantitative estimate of drug-likeness (QED) is 0.675. The van der Waals surface area contributed by atoms with Crippen LogP contribution in [0.15, 0.2) is 53.4 Å². The summed E-state index contributed by atoms with van der Waals surface area (Å²) in [7, 11) is -2.20. The molecule has 0 saturated carbocycles. The van der Waals surface area contributed by atoms with Gasteiger partial charge in [-0.1, -0.05) is 18.2 Å². The van der Waals surface area contributed by atoms with Crippen molar-refractivity contribution in [2.75, 3.05) is 13.7 Å². The van der Waals surface area contributed by atoms with Gasteiger partial charge >= 0.3 is 0 Å². The summed E-state index contributed by atoms with van der Waals surface area (Å²) in [6, 6.07) is 14.4. The molecule has 0 radical (unpaired) electrons. The number of aliphatic hydroxyl groups is 1. The lowest BCUT2D eigenvalue weighted by molar-refractivity contribution is 0.0666. The average molecular weight is 392 g/mol. The number of benzene rings is 2. The van der Waals surface area contributed by atoms with Crippen LogP contribution in [-0.4, -0.2) is 27.2 Å². The van der Waals surface area contributed by atoms with Gasteiger partial charge in [-0.05, 0) is 55.1 Å². The van der Waals surface area contributed by atoms with Crippen molar-refractivity contribution in [2.45, 2.75) is 24.3 Å². The number of methoxy groups -OCH3 is 1. The fourth-order valence-electron chi connectivity index (χ4n) is 2.67. The van der Waals surface area contributed by atoms with Gasteiger partial charge in [0.1, 0.15) is 11.4 Å². The predicted octanol–water partition coefficient (Wildman–Crippen LogP) is 3.40. The maximum atomic E-state index is 12.6. The smallest absolute Gasteiger partial charge is 0.240 e. The van der Waals surface area contributed by atoms with Crippen molar-refractivity contribution < 1.29 is 18.3 Å². The minimum Gasteiger partial charge on any atom is -0.496 e. The molecule has 0 amide bonds. The fourth-order valence-corrected chi connectivity index (χ4v) is 4.99. The first-order valence-corrected chi connectivity index (χ1v) is 10.4. The van der Waals surface area contributed by atoms with Crippen LogP contribution in [0.1, 0.15) is 17.4 Å². The van der Waals surface area contributed by atoms with E-state index in [1.54, 1.807) is 26.0 Å². The lowest BCUT2D eigenvalue weighted by Crippen LogP contribution is -2.38. The maximum absolute atomic E-state index is 12.6. The molecule has 1 aromatic heterocycles. The number of aryl methyl sites for hydroxylation is 1. The zero-order valence-electron chi connectivity index (χ0n) is 14.8. The molecule has 138 valence electrons. The van der Waals surface area contributed by atoms with E-state index in [1.165, 1.54) is 24.5 Å². The largest absolute Gasteiger partial charge is 0.496 e. The Balaban J connectivity index is 1.80. The van der Waals surface area contributed by atoms with Gasteiger partial charge in [0.15, 0.2) is 0 Å². The number of nitrogens with one attached hydrogen (secondary N) is 1. The summed E-state index contributed by atoms with van der Waals surface area (Å²) in [6.07, 6.45) is 0. The molecule has 0 spiro atoms. The first-order valence-electron chi connectivity index (χ1n) is 8.09. The monoisotopic (exact) mass is 391 g/mol. The van der Waals surface area contributed by atoms with Crippen molar-refractivity contribution in [1.29, 1.82) is 0 Å². The SMILES string of the molecule is COc1ccc(S(=O)(=O)NC[C@](C)(O)c2cc3ccccc3s2)cc1C. The number of ether oxygens (including phenoxy) is 1. The fraction of sp³-hybridized carbons (Fsp3) is 0.263. The molecule has 0 fully saturated rings. The summed E-state index contributed by atoms with van der Waals surface area (Å²) in [6.45, 7) is 3.28. The lowest BCUT2D eigenvalue weighted by Gasteiger charge is -2.22. The second-order valence-corrected chi connectivity index (χ2v) is 9.23. The molecule has 0 aliphatic heterocycles. The van der Waals surface area contributed by atoms with Crippen LogP contribution in [0.4, 0.5) is 0 Å². The van der Waals surface area contributed by atoms with Crippen LogP contribution < -0.4 is 9.46 Å².